The Balaban J connectivity index is 1.87. The molecule has 2 amide bonds. The van der Waals surface area contributed by atoms with Crippen LogP contribution in [-0.4, -0.2) is 11.8 Å². The number of hydrogen-bond donors (Lipinski definition) is 2. The maximum Gasteiger partial charge on any atom is 0.233 e. The van der Waals surface area contributed by atoms with E-state index >= 15 is 0 Å². The molecule has 2 rings (SSSR count). The molecular weight excluding hydrogens is 297 g/mol. The van der Waals surface area contributed by atoms with E-state index in [0.717, 1.165) is 0 Å². The number of halogens is 1. The van der Waals surface area contributed by atoms with Crippen LogP contribution < -0.4 is 10.6 Å². The number of anilines is 1. The topological polar surface area (TPSA) is 82.0 Å². The molecule has 0 aliphatic heterocycles. The highest BCUT2D eigenvalue weighted by molar-refractivity contribution is 6.04. The molecular formula is C17H14FN3O2. The lowest BCUT2D eigenvalue weighted by Gasteiger charge is -2.08. The molecule has 23 heavy (non-hydrogen) atoms. The Morgan fingerprint density at radius 2 is 1.74 bits per heavy atom. The van der Waals surface area contributed by atoms with Crippen LogP contribution in [0.4, 0.5) is 10.1 Å². The van der Waals surface area contributed by atoms with Crippen LogP contribution in [0.1, 0.15) is 17.5 Å². The largest absolute Gasteiger partial charge is 0.351 e. The minimum atomic E-state index is -0.543. The van der Waals surface area contributed by atoms with Gasteiger partial charge in [-0.25, -0.2) is 4.39 Å². The second-order valence-corrected chi connectivity index (χ2v) is 4.75. The van der Waals surface area contributed by atoms with Crippen molar-refractivity contribution < 1.29 is 14.0 Å². The number of nitrogens with one attached hydrogen (secondary N) is 2. The lowest BCUT2D eigenvalue weighted by molar-refractivity contribution is -0.126. The number of amides is 2. The van der Waals surface area contributed by atoms with E-state index in [1.54, 1.807) is 42.5 Å². The summed E-state index contributed by atoms with van der Waals surface area (Å²) in [6.07, 6.45) is -0.409. The number of rotatable bonds is 5. The monoisotopic (exact) mass is 311 g/mol. The summed E-state index contributed by atoms with van der Waals surface area (Å²) in [5.41, 5.74) is 1.01. The van der Waals surface area contributed by atoms with Crippen LogP contribution in [0.15, 0.2) is 48.5 Å². The lowest BCUT2D eigenvalue weighted by Crippen LogP contribution is -2.28. The predicted molar refractivity (Wildman–Crippen MR) is 82.7 cm³/mol. The zero-order valence-electron chi connectivity index (χ0n) is 12.2. The molecule has 0 aromatic heterocycles. The Kier molecular flexibility index (Phi) is 5.42. The van der Waals surface area contributed by atoms with Crippen LogP contribution >= 0.6 is 0 Å². The third-order valence-corrected chi connectivity index (χ3v) is 3.08. The maximum absolute atomic E-state index is 13.4. The van der Waals surface area contributed by atoms with Gasteiger partial charge in [0.15, 0.2) is 0 Å². The van der Waals surface area contributed by atoms with Gasteiger partial charge in [-0.05, 0) is 18.2 Å². The Hall–Kier alpha value is -3.20. The van der Waals surface area contributed by atoms with E-state index < -0.39 is 24.1 Å². The van der Waals surface area contributed by atoms with Gasteiger partial charge in [0.05, 0.1) is 11.3 Å². The van der Waals surface area contributed by atoms with E-state index in [1.165, 1.54) is 6.07 Å². The van der Waals surface area contributed by atoms with Crippen molar-refractivity contribution in [3.8, 4) is 6.07 Å². The summed E-state index contributed by atoms with van der Waals surface area (Å²) in [5.74, 6) is -1.49. The van der Waals surface area contributed by atoms with Gasteiger partial charge in [-0.3, -0.25) is 9.59 Å². The first-order valence-corrected chi connectivity index (χ1v) is 6.89. The van der Waals surface area contributed by atoms with E-state index in [9.17, 15) is 14.0 Å². The Morgan fingerprint density at radius 1 is 1.04 bits per heavy atom. The normalized spacial score (nSPS) is 9.74. The second-order valence-electron chi connectivity index (χ2n) is 4.75. The summed E-state index contributed by atoms with van der Waals surface area (Å²) in [5, 5.41) is 13.9. The molecule has 0 unspecified atom stereocenters. The fraction of sp³-hybridized carbons (Fsp3) is 0.118. The number of nitriles is 1. The zero-order chi connectivity index (χ0) is 16.7. The van der Waals surface area contributed by atoms with Gasteiger partial charge in [0.2, 0.25) is 11.8 Å². The summed E-state index contributed by atoms with van der Waals surface area (Å²) in [4.78, 5) is 23.5. The Bertz CT molecular complexity index is 768. The van der Waals surface area contributed by atoms with Crippen molar-refractivity contribution in [3.05, 3.63) is 65.5 Å². The highest BCUT2D eigenvalue weighted by atomic mass is 19.1. The van der Waals surface area contributed by atoms with Crippen LogP contribution in [0.25, 0.3) is 0 Å². The summed E-state index contributed by atoms with van der Waals surface area (Å²) in [6.45, 7) is 0.00751. The summed E-state index contributed by atoms with van der Waals surface area (Å²) < 4.78 is 13.4. The quantitative estimate of drug-likeness (QED) is 0.832. The molecule has 0 atom stereocenters. The van der Waals surface area contributed by atoms with E-state index in [0.29, 0.717) is 16.8 Å². The summed E-state index contributed by atoms with van der Waals surface area (Å²) >= 11 is 0. The van der Waals surface area contributed by atoms with Gasteiger partial charge in [-0.1, -0.05) is 30.3 Å². The van der Waals surface area contributed by atoms with Gasteiger partial charge in [-0.15, -0.1) is 0 Å². The first-order valence-electron chi connectivity index (χ1n) is 6.89. The van der Waals surface area contributed by atoms with E-state index in [4.69, 9.17) is 5.26 Å². The smallest absolute Gasteiger partial charge is 0.233 e. The van der Waals surface area contributed by atoms with Crippen molar-refractivity contribution in [3.63, 3.8) is 0 Å². The van der Waals surface area contributed by atoms with E-state index in [1.807, 2.05) is 6.07 Å². The Morgan fingerprint density at radius 3 is 2.48 bits per heavy atom. The van der Waals surface area contributed by atoms with Crippen LogP contribution in [0, 0.1) is 17.1 Å². The molecule has 0 heterocycles. The predicted octanol–water partition coefficient (Wildman–Crippen LogP) is 2.34. The standard InChI is InChI=1S/C17H14FN3O2/c18-14-7-3-1-6-13(14)11-20-16(22)9-17(23)21-15-8-4-2-5-12(15)10-19/h1-8H,9,11H2,(H,20,22)(H,21,23). The molecule has 0 saturated heterocycles. The van der Waals surface area contributed by atoms with Gasteiger partial charge in [0, 0.05) is 12.1 Å². The van der Waals surface area contributed by atoms with Gasteiger partial charge in [-0.2, -0.15) is 5.26 Å². The van der Waals surface area contributed by atoms with Crippen molar-refractivity contribution in [2.45, 2.75) is 13.0 Å². The van der Waals surface area contributed by atoms with Crippen molar-refractivity contribution in [1.82, 2.24) is 5.32 Å². The van der Waals surface area contributed by atoms with Gasteiger partial charge >= 0.3 is 0 Å². The molecule has 0 bridgehead atoms. The first-order chi connectivity index (χ1) is 11.1. The van der Waals surface area contributed by atoms with E-state index in [2.05, 4.69) is 10.6 Å². The number of carbonyl (C=O) groups is 2. The molecule has 0 radical (unpaired) electrons. The van der Waals surface area contributed by atoms with Crippen molar-refractivity contribution in [2.24, 2.45) is 0 Å². The highest BCUT2D eigenvalue weighted by Gasteiger charge is 2.12. The van der Waals surface area contributed by atoms with Crippen LogP contribution in [0.3, 0.4) is 0 Å². The molecule has 2 aromatic rings. The molecule has 5 nitrogen and oxygen atoms in total. The molecule has 0 saturated carbocycles. The zero-order valence-corrected chi connectivity index (χ0v) is 12.2. The molecule has 0 fully saturated rings. The fourth-order valence-electron chi connectivity index (χ4n) is 1.93. The lowest BCUT2D eigenvalue weighted by atomic mass is 10.2. The average Bonchev–Trinajstić information content (AvgIpc) is 2.54. The van der Waals surface area contributed by atoms with Crippen LogP contribution in [0.2, 0.25) is 0 Å². The van der Waals surface area contributed by atoms with Crippen LogP contribution in [-0.2, 0) is 16.1 Å². The van der Waals surface area contributed by atoms with Gasteiger partial charge in [0.25, 0.3) is 0 Å². The number of hydrogen-bond acceptors (Lipinski definition) is 3. The minimum absolute atomic E-state index is 0.00751. The van der Waals surface area contributed by atoms with E-state index in [-0.39, 0.29) is 6.54 Å². The number of carbonyl (C=O) groups excluding carboxylic acids is 2. The molecule has 116 valence electrons. The van der Waals surface area contributed by atoms with Gasteiger partial charge < -0.3 is 10.6 Å². The third-order valence-electron chi connectivity index (χ3n) is 3.08. The maximum atomic E-state index is 13.4. The highest BCUT2D eigenvalue weighted by Crippen LogP contribution is 2.13. The SMILES string of the molecule is N#Cc1ccccc1NC(=O)CC(=O)NCc1ccccc1F. The average molecular weight is 311 g/mol. The fourth-order valence-corrected chi connectivity index (χ4v) is 1.93. The molecule has 2 aromatic carbocycles. The third kappa shape index (κ3) is 4.64. The molecule has 0 aliphatic carbocycles. The number of benzene rings is 2. The first kappa shape index (κ1) is 16.2. The van der Waals surface area contributed by atoms with Gasteiger partial charge in [0.1, 0.15) is 18.3 Å². The minimum Gasteiger partial charge on any atom is -0.351 e. The molecule has 0 spiro atoms. The second kappa shape index (κ2) is 7.71. The number of para-hydroxylation sites is 1. The molecule has 2 N–H and O–H groups in total. The number of nitrogens with zero attached hydrogens (tertiary/aromatic N) is 1. The Labute approximate surface area is 132 Å². The molecule has 6 heteroatoms. The molecule has 0 aliphatic rings. The summed E-state index contributed by atoms with van der Waals surface area (Å²) in [6, 6.07) is 14.5. The summed E-state index contributed by atoms with van der Waals surface area (Å²) in [7, 11) is 0. The van der Waals surface area contributed by atoms with Crippen molar-refractivity contribution in [1.29, 1.82) is 5.26 Å². The van der Waals surface area contributed by atoms with Crippen molar-refractivity contribution >= 4 is 17.5 Å². The van der Waals surface area contributed by atoms with Crippen LogP contribution in [0.5, 0.6) is 0 Å². The van der Waals surface area contributed by atoms with Crippen molar-refractivity contribution in [2.75, 3.05) is 5.32 Å².